The Morgan fingerprint density at radius 1 is 1.19 bits per heavy atom. The average Bonchev–Trinajstić information content (AvgIpc) is 3.03. The number of hydrogen-bond donors (Lipinski definition) is 1. The molecule has 0 unspecified atom stereocenters. The predicted molar refractivity (Wildman–Crippen MR) is 84.7 cm³/mol. The number of aromatic nitrogens is 3. The zero-order chi connectivity index (χ0) is 15.0. The first-order chi connectivity index (χ1) is 10.1. The number of thiazole rings is 1. The molecule has 8 heteroatoms. The third-order valence-corrected chi connectivity index (χ3v) is 4.14. The van der Waals surface area contributed by atoms with Crippen LogP contribution in [0.25, 0.3) is 22.2 Å². The van der Waals surface area contributed by atoms with Crippen LogP contribution in [-0.2, 0) is 6.42 Å². The molecule has 2 aromatic heterocycles. The highest BCUT2D eigenvalue weighted by Gasteiger charge is 2.18. The van der Waals surface area contributed by atoms with Crippen molar-refractivity contribution in [3.05, 3.63) is 33.9 Å². The van der Waals surface area contributed by atoms with E-state index in [0.717, 1.165) is 17.0 Å². The van der Waals surface area contributed by atoms with Crippen LogP contribution < -0.4 is 5.73 Å². The van der Waals surface area contributed by atoms with Crippen LogP contribution in [0.4, 0.5) is 5.13 Å². The van der Waals surface area contributed by atoms with Crippen LogP contribution in [0.1, 0.15) is 12.6 Å². The first-order valence-electron chi connectivity index (χ1n) is 6.12. The second-order valence-electron chi connectivity index (χ2n) is 4.26. The SMILES string of the molecule is CCc1nc(N)sc1-c1nc(-c2cc(Cl)cc(Cl)c2)no1. The van der Waals surface area contributed by atoms with E-state index in [0.29, 0.717) is 32.5 Å². The van der Waals surface area contributed by atoms with Gasteiger partial charge in [-0.25, -0.2) is 4.98 Å². The van der Waals surface area contributed by atoms with Crippen LogP contribution >= 0.6 is 34.5 Å². The summed E-state index contributed by atoms with van der Waals surface area (Å²) in [6.45, 7) is 1.99. The molecule has 5 nitrogen and oxygen atoms in total. The van der Waals surface area contributed by atoms with Gasteiger partial charge in [-0.2, -0.15) is 4.98 Å². The summed E-state index contributed by atoms with van der Waals surface area (Å²) in [5.74, 6) is 0.815. The molecule has 3 aromatic rings. The predicted octanol–water partition coefficient (Wildman–Crippen LogP) is 4.31. The Balaban J connectivity index is 2.03. The number of anilines is 1. The van der Waals surface area contributed by atoms with Crippen LogP contribution in [-0.4, -0.2) is 15.1 Å². The zero-order valence-electron chi connectivity index (χ0n) is 10.9. The average molecular weight is 341 g/mol. The third kappa shape index (κ3) is 2.88. The smallest absolute Gasteiger partial charge is 0.270 e. The zero-order valence-corrected chi connectivity index (χ0v) is 13.3. The van der Waals surface area contributed by atoms with Gasteiger partial charge in [0, 0.05) is 15.6 Å². The Kier molecular flexibility index (Phi) is 3.84. The van der Waals surface area contributed by atoms with Crippen molar-refractivity contribution in [2.75, 3.05) is 5.73 Å². The Labute approximate surface area is 134 Å². The van der Waals surface area contributed by atoms with Crippen molar-refractivity contribution in [1.82, 2.24) is 15.1 Å². The first kappa shape index (κ1) is 14.3. The van der Waals surface area contributed by atoms with E-state index < -0.39 is 0 Å². The molecule has 0 saturated carbocycles. The van der Waals surface area contributed by atoms with Gasteiger partial charge < -0.3 is 10.3 Å². The molecule has 2 N–H and O–H groups in total. The van der Waals surface area contributed by atoms with Gasteiger partial charge in [0.1, 0.15) is 4.88 Å². The second kappa shape index (κ2) is 5.63. The maximum atomic E-state index is 5.98. The van der Waals surface area contributed by atoms with Crippen molar-refractivity contribution < 1.29 is 4.52 Å². The summed E-state index contributed by atoms with van der Waals surface area (Å²) in [4.78, 5) is 9.41. The molecule has 2 heterocycles. The topological polar surface area (TPSA) is 77.8 Å². The van der Waals surface area contributed by atoms with Crippen molar-refractivity contribution in [1.29, 1.82) is 0 Å². The number of halogens is 2. The highest BCUT2D eigenvalue weighted by molar-refractivity contribution is 7.18. The third-order valence-electron chi connectivity index (χ3n) is 2.79. The summed E-state index contributed by atoms with van der Waals surface area (Å²) in [6, 6.07) is 5.10. The lowest BCUT2D eigenvalue weighted by molar-refractivity contribution is 0.433. The number of nitrogen functional groups attached to an aromatic ring is 1. The monoisotopic (exact) mass is 340 g/mol. The Bertz CT molecular complexity index is 779. The number of rotatable bonds is 3. The molecule has 0 aliphatic heterocycles. The van der Waals surface area contributed by atoms with Gasteiger partial charge >= 0.3 is 0 Å². The highest BCUT2D eigenvalue weighted by atomic mass is 35.5. The maximum Gasteiger partial charge on any atom is 0.270 e. The quantitative estimate of drug-likeness (QED) is 0.768. The van der Waals surface area contributed by atoms with Crippen molar-refractivity contribution in [2.24, 2.45) is 0 Å². The summed E-state index contributed by atoms with van der Waals surface area (Å²) >= 11 is 13.3. The summed E-state index contributed by atoms with van der Waals surface area (Å²) in [5.41, 5.74) is 7.27. The van der Waals surface area contributed by atoms with Crippen LogP contribution in [0.5, 0.6) is 0 Å². The van der Waals surface area contributed by atoms with Crippen LogP contribution in [0.3, 0.4) is 0 Å². The summed E-state index contributed by atoms with van der Waals surface area (Å²) in [5, 5.41) is 5.47. The van der Waals surface area contributed by atoms with Gasteiger partial charge in [-0.15, -0.1) is 0 Å². The fraction of sp³-hybridized carbons (Fsp3) is 0.154. The van der Waals surface area contributed by atoms with Crippen LogP contribution in [0, 0.1) is 0 Å². The molecule has 0 spiro atoms. The largest absolute Gasteiger partial charge is 0.375 e. The van der Waals surface area contributed by atoms with Crippen molar-refractivity contribution in [2.45, 2.75) is 13.3 Å². The van der Waals surface area contributed by atoms with Gasteiger partial charge in [0.2, 0.25) is 5.82 Å². The molecule has 0 radical (unpaired) electrons. The minimum absolute atomic E-state index is 0.396. The molecule has 0 fully saturated rings. The van der Waals surface area contributed by atoms with Crippen molar-refractivity contribution >= 4 is 39.7 Å². The number of nitrogens with zero attached hydrogens (tertiary/aromatic N) is 3. The van der Waals surface area contributed by atoms with Crippen molar-refractivity contribution in [3.63, 3.8) is 0 Å². The Morgan fingerprint density at radius 3 is 2.57 bits per heavy atom. The van der Waals surface area contributed by atoms with Gasteiger partial charge in [0.25, 0.3) is 5.89 Å². The lowest BCUT2D eigenvalue weighted by Gasteiger charge is -1.97. The van der Waals surface area contributed by atoms with E-state index in [2.05, 4.69) is 15.1 Å². The second-order valence-corrected chi connectivity index (χ2v) is 6.17. The van der Waals surface area contributed by atoms with E-state index in [-0.39, 0.29) is 0 Å². The molecule has 0 bridgehead atoms. The molecular weight excluding hydrogens is 331 g/mol. The fourth-order valence-electron chi connectivity index (χ4n) is 1.89. The lowest BCUT2D eigenvalue weighted by Crippen LogP contribution is -1.86. The molecule has 0 saturated heterocycles. The van der Waals surface area contributed by atoms with E-state index in [1.807, 2.05) is 6.92 Å². The van der Waals surface area contributed by atoms with Gasteiger partial charge in [-0.1, -0.05) is 46.6 Å². The Hall–Kier alpha value is -1.63. The first-order valence-corrected chi connectivity index (χ1v) is 7.69. The van der Waals surface area contributed by atoms with E-state index in [4.69, 9.17) is 33.5 Å². The molecule has 21 heavy (non-hydrogen) atoms. The molecule has 1 aromatic carbocycles. The van der Waals surface area contributed by atoms with E-state index in [1.165, 1.54) is 11.3 Å². The lowest BCUT2D eigenvalue weighted by atomic mass is 10.2. The summed E-state index contributed by atoms with van der Waals surface area (Å²) in [7, 11) is 0. The van der Waals surface area contributed by atoms with E-state index in [9.17, 15) is 0 Å². The molecule has 0 atom stereocenters. The summed E-state index contributed by atoms with van der Waals surface area (Å²) in [6.07, 6.45) is 0.740. The van der Waals surface area contributed by atoms with Crippen LogP contribution in [0.2, 0.25) is 10.0 Å². The van der Waals surface area contributed by atoms with Crippen molar-refractivity contribution in [3.8, 4) is 22.2 Å². The normalized spacial score (nSPS) is 11.0. The fourth-order valence-corrected chi connectivity index (χ4v) is 3.26. The number of benzene rings is 1. The van der Waals surface area contributed by atoms with E-state index in [1.54, 1.807) is 18.2 Å². The minimum atomic E-state index is 0.396. The highest BCUT2D eigenvalue weighted by Crippen LogP contribution is 2.33. The maximum absolute atomic E-state index is 5.98. The molecule has 0 aliphatic carbocycles. The molecular formula is C13H10Cl2N4OS. The number of nitrogens with two attached hydrogens (primary N) is 1. The minimum Gasteiger partial charge on any atom is -0.375 e. The van der Waals surface area contributed by atoms with Gasteiger partial charge in [0.05, 0.1) is 5.69 Å². The van der Waals surface area contributed by atoms with Gasteiger partial charge in [-0.05, 0) is 24.6 Å². The van der Waals surface area contributed by atoms with Crippen LogP contribution in [0.15, 0.2) is 22.7 Å². The number of aryl methyl sites for hydroxylation is 1. The molecule has 108 valence electrons. The molecule has 0 aliphatic rings. The van der Waals surface area contributed by atoms with E-state index >= 15 is 0 Å². The molecule has 0 amide bonds. The van der Waals surface area contributed by atoms with Gasteiger partial charge in [0.15, 0.2) is 5.13 Å². The standard InChI is InChI=1S/C13H10Cl2N4OS/c1-2-9-10(21-13(16)17-9)12-18-11(19-20-12)6-3-7(14)5-8(15)4-6/h3-5H,2H2,1H3,(H2,16,17). The Morgan fingerprint density at radius 2 is 1.90 bits per heavy atom. The molecule has 3 rings (SSSR count). The number of hydrogen-bond acceptors (Lipinski definition) is 6. The summed E-state index contributed by atoms with van der Waals surface area (Å²) < 4.78 is 5.31. The van der Waals surface area contributed by atoms with Gasteiger partial charge in [-0.3, -0.25) is 0 Å².